The Morgan fingerprint density at radius 1 is 0.731 bits per heavy atom. The Bertz CT molecular complexity index is 845. The summed E-state index contributed by atoms with van der Waals surface area (Å²) in [6.07, 6.45) is 10.6. The molecule has 0 atom stereocenters. The van der Waals surface area contributed by atoms with Crippen LogP contribution in [0.15, 0.2) is 81.3 Å². The van der Waals surface area contributed by atoms with Gasteiger partial charge in [-0.3, -0.25) is 0 Å². The van der Waals surface area contributed by atoms with Crippen molar-refractivity contribution in [3.63, 3.8) is 0 Å². The average Bonchev–Trinajstić information content (AvgIpc) is 3.15. The summed E-state index contributed by atoms with van der Waals surface area (Å²) < 4.78 is 11.6. The van der Waals surface area contributed by atoms with Crippen molar-refractivity contribution >= 4 is 35.7 Å². The zero-order chi connectivity index (χ0) is 18.2. The van der Waals surface area contributed by atoms with Gasteiger partial charge in [0.1, 0.15) is 11.5 Å². The van der Waals surface area contributed by atoms with E-state index in [2.05, 4.69) is 47.9 Å². The van der Waals surface area contributed by atoms with E-state index in [0.29, 0.717) is 0 Å². The number of ether oxygens (including phenoxy) is 2. The number of benzene rings is 2. The first kappa shape index (κ1) is 18.5. The number of thioether (sulfide) groups is 2. The van der Waals surface area contributed by atoms with Crippen LogP contribution >= 0.6 is 23.5 Å². The molecule has 0 amide bonds. The Labute approximate surface area is 163 Å². The van der Waals surface area contributed by atoms with Crippen LogP contribution in [-0.4, -0.2) is 14.2 Å². The Kier molecular flexibility index (Phi) is 6.69. The minimum absolute atomic E-state index is 0.875. The molecule has 0 saturated carbocycles. The quantitative estimate of drug-likeness (QED) is 0.562. The third kappa shape index (κ3) is 5.35. The molecule has 0 saturated heterocycles. The van der Waals surface area contributed by atoms with Crippen molar-refractivity contribution in [3.8, 4) is 11.5 Å². The van der Waals surface area contributed by atoms with Crippen molar-refractivity contribution in [1.82, 2.24) is 0 Å². The molecular weight excluding hydrogens is 360 g/mol. The first-order valence-electron chi connectivity index (χ1n) is 8.16. The van der Waals surface area contributed by atoms with E-state index in [1.807, 2.05) is 36.4 Å². The maximum atomic E-state index is 5.18. The Hall–Kier alpha value is -2.30. The van der Waals surface area contributed by atoms with Gasteiger partial charge in [-0.1, -0.05) is 66.0 Å². The second-order valence-electron chi connectivity index (χ2n) is 5.46. The molecule has 4 heteroatoms. The van der Waals surface area contributed by atoms with Crippen molar-refractivity contribution in [1.29, 1.82) is 0 Å². The van der Waals surface area contributed by atoms with Crippen molar-refractivity contribution in [2.75, 3.05) is 14.2 Å². The van der Waals surface area contributed by atoms with Gasteiger partial charge in [-0.05, 0) is 53.0 Å². The number of rotatable bonds is 6. The molecule has 1 heterocycles. The molecule has 0 spiro atoms. The molecule has 0 radical (unpaired) electrons. The molecule has 0 aliphatic carbocycles. The van der Waals surface area contributed by atoms with Gasteiger partial charge in [0.15, 0.2) is 0 Å². The van der Waals surface area contributed by atoms with Crippen LogP contribution < -0.4 is 9.47 Å². The first-order chi connectivity index (χ1) is 12.8. The molecule has 1 aliphatic heterocycles. The van der Waals surface area contributed by atoms with Crippen molar-refractivity contribution in [2.45, 2.75) is 0 Å². The standard InChI is InChI=1S/C22H20O2S2/c1-23-19-11-6-17(7-12-19)4-3-5-22-25-16-21(26-22)15-10-18-8-13-20(24-2)14-9-18/h3-16H,1-2H3/b4-3+,15-10+,22-5+. The molecule has 0 fully saturated rings. The van der Waals surface area contributed by atoms with Crippen molar-refractivity contribution < 1.29 is 9.47 Å². The van der Waals surface area contributed by atoms with E-state index in [9.17, 15) is 0 Å². The fraction of sp³-hybridized carbons (Fsp3) is 0.0909. The molecule has 0 N–H and O–H groups in total. The van der Waals surface area contributed by atoms with Gasteiger partial charge in [0.05, 0.1) is 14.2 Å². The Morgan fingerprint density at radius 2 is 1.31 bits per heavy atom. The number of hydrogen-bond donors (Lipinski definition) is 0. The number of allylic oxidation sites excluding steroid dienone is 3. The van der Waals surface area contributed by atoms with E-state index >= 15 is 0 Å². The number of methoxy groups -OCH3 is 2. The lowest BCUT2D eigenvalue weighted by molar-refractivity contribution is 0.414. The molecule has 0 aromatic heterocycles. The second-order valence-corrected chi connectivity index (χ2v) is 7.75. The molecule has 3 rings (SSSR count). The minimum Gasteiger partial charge on any atom is -0.497 e. The van der Waals surface area contributed by atoms with Gasteiger partial charge in [-0.25, -0.2) is 0 Å². The third-order valence-electron chi connectivity index (χ3n) is 3.70. The van der Waals surface area contributed by atoms with Crippen LogP contribution in [0.4, 0.5) is 0 Å². The summed E-state index contributed by atoms with van der Waals surface area (Å²) in [5, 5.41) is 2.18. The summed E-state index contributed by atoms with van der Waals surface area (Å²) in [5.74, 6) is 1.75. The maximum Gasteiger partial charge on any atom is 0.118 e. The van der Waals surface area contributed by atoms with Crippen LogP contribution in [0.1, 0.15) is 11.1 Å². The predicted octanol–water partition coefficient (Wildman–Crippen LogP) is 6.59. The molecule has 2 aromatic carbocycles. The van der Waals surface area contributed by atoms with Crippen molar-refractivity contribution in [3.05, 3.63) is 92.4 Å². The van der Waals surface area contributed by atoms with Crippen LogP contribution in [0.3, 0.4) is 0 Å². The molecule has 2 aromatic rings. The van der Waals surface area contributed by atoms with E-state index < -0.39 is 0 Å². The van der Waals surface area contributed by atoms with E-state index in [4.69, 9.17) is 9.47 Å². The maximum absolute atomic E-state index is 5.18. The molecule has 26 heavy (non-hydrogen) atoms. The zero-order valence-corrected chi connectivity index (χ0v) is 16.3. The summed E-state index contributed by atoms with van der Waals surface area (Å²) in [6, 6.07) is 16.1. The summed E-state index contributed by atoms with van der Waals surface area (Å²) >= 11 is 3.53. The summed E-state index contributed by atoms with van der Waals surface area (Å²) in [6.45, 7) is 0. The van der Waals surface area contributed by atoms with E-state index in [1.54, 1.807) is 37.7 Å². The van der Waals surface area contributed by atoms with Crippen LogP contribution in [0.5, 0.6) is 11.5 Å². The molecule has 0 bridgehead atoms. The van der Waals surface area contributed by atoms with E-state index in [-0.39, 0.29) is 0 Å². The predicted molar refractivity (Wildman–Crippen MR) is 115 cm³/mol. The largest absolute Gasteiger partial charge is 0.497 e. The first-order valence-corrected chi connectivity index (χ1v) is 9.86. The smallest absolute Gasteiger partial charge is 0.118 e. The second kappa shape index (κ2) is 9.41. The normalized spacial score (nSPS) is 15.8. The van der Waals surface area contributed by atoms with Gasteiger partial charge < -0.3 is 9.47 Å². The summed E-state index contributed by atoms with van der Waals surface area (Å²) in [4.78, 5) is 1.25. The monoisotopic (exact) mass is 380 g/mol. The van der Waals surface area contributed by atoms with Gasteiger partial charge in [0.25, 0.3) is 0 Å². The topological polar surface area (TPSA) is 18.5 Å². The molecule has 132 valence electrons. The molecule has 1 aliphatic rings. The van der Waals surface area contributed by atoms with Gasteiger partial charge in [0.2, 0.25) is 0 Å². The lowest BCUT2D eigenvalue weighted by Crippen LogP contribution is -1.81. The average molecular weight is 381 g/mol. The molecule has 2 nitrogen and oxygen atoms in total. The fourth-order valence-electron chi connectivity index (χ4n) is 2.27. The van der Waals surface area contributed by atoms with Crippen LogP contribution in [0, 0.1) is 0 Å². The zero-order valence-electron chi connectivity index (χ0n) is 14.7. The van der Waals surface area contributed by atoms with Gasteiger partial charge in [0, 0.05) is 9.14 Å². The van der Waals surface area contributed by atoms with Crippen molar-refractivity contribution in [2.24, 2.45) is 0 Å². The minimum atomic E-state index is 0.875. The van der Waals surface area contributed by atoms with Crippen LogP contribution in [0.2, 0.25) is 0 Å². The highest BCUT2D eigenvalue weighted by Crippen LogP contribution is 2.44. The van der Waals surface area contributed by atoms with E-state index in [1.165, 1.54) is 9.14 Å². The van der Waals surface area contributed by atoms with Gasteiger partial charge >= 0.3 is 0 Å². The SMILES string of the molecule is COc1ccc(/C=C/C=C2\SC=C(/C=C/c3ccc(OC)cc3)S2)cc1. The highest BCUT2D eigenvalue weighted by molar-refractivity contribution is 8.28. The van der Waals surface area contributed by atoms with Crippen LogP contribution in [-0.2, 0) is 0 Å². The summed E-state index contributed by atoms with van der Waals surface area (Å²) in [5.41, 5.74) is 2.32. The number of hydrogen-bond acceptors (Lipinski definition) is 4. The Balaban J connectivity index is 1.54. The van der Waals surface area contributed by atoms with Gasteiger partial charge in [-0.15, -0.1) is 0 Å². The van der Waals surface area contributed by atoms with Gasteiger partial charge in [-0.2, -0.15) is 0 Å². The lowest BCUT2D eigenvalue weighted by Gasteiger charge is -1.99. The summed E-state index contributed by atoms with van der Waals surface area (Å²) in [7, 11) is 3.36. The highest BCUT2D eigenvalue weighted by Gasteiger charge is 2.08. The highest BCUT2D eigenvalue weighted by atomic mass is 32.2. The van der Waals surface area contributed by atoms with E-state index in [0.717, 1.165) is 22.6 Å². The van der Waals surface area contributed by atoms with Crippen LogP contribution in [0.25, 0.3) is 12.2 Å². The lowest BCUT2D eigenvalue weighted by atomic mass is 10.2. The fourth-order valence-corrected chi connectivity index (χ4v) is 4.22. The third-order valence-corrected chi connectivity index (χ3v) is 5.96. The molecule has 0 unspecified atom stereocenters. The Morgan fingerprint density at radius 3 is 1.88 bits per heavy atom. The molecular formula is C22H20O2S2.